The van der Waals surface area contributed by atoms with Crippen LogP contribution in [0.4, 0.5) is 0 Å². The van der Waals surface area contributed by atoms with Crippen LogP contribution in [-0.4, -0.2) is 25.7 Å². The van der Waals surface area contributed by atoms with Gasteiger partial charge in [0.2, 0.25) is 5.91 Å². The predicted molar refractivity (Wildman–Crippen MR) is 44.4 cm³/mol. The fourth-order valence-electron chi connectivity index (χ4n) is 0.744. The molecular formula is C8H17NO2. The maximum atomic E-state index is 10.8. The van der Waals surface area contributed by atoms with Crippen molar-refractivity contribution >= 4 is 5.91 Å². The molecule has 0 heterocycles. The van der Waals surface area contributed by atoms with Gasteiger partial charge in [0, 0.05) is 26.2 Å². The molecule has 0 rings (SSSR count). The third kappa shape index (κ3) is 5.85. The zero-order valence-corrected chi connectivity index (χ0v) is 7.52. The first-order valence-corrected chi connectivity index (χ1v) is 3.99. The Morgan fingerprint density at radius 2 is 2.27 bits per heavy atom. The van der Waals surface area contributed by atoms with E-state index in [0.717, 1.165) is 6.42 Å². The molecular weight excluding hydrogens is 142 g/mol. The van der Waals surface area contributed by atoms with Gasteiger partial charge in [0.1, 0.15) is 0 Å². The van der Waals surface area contributed by atoms with E-state index >= 15 is 0 Å². The van der Waals surface area contributed by atoms with Crippen molar-refractivity contribution in [3.05, 3.63) is 0 Å². The fourth-order valence-corrected chi connectivity index (χ4v) is 0.744. The van der Waals surface area contributed by atoms with Gasteiger partial charge in [0.15, 0.2) is 0 Å². The lowest BCUT2D eigenvalue weighted by molar-refractivity contribution is -0.121. The van der Waals surface area contributed by atoms with Crippen LogP contribution < -0.4 is 5.32 Å². The lowest BCUT2D eigenvalue weighted by atomic mass is 10.2. The van der Waals surface area contributed by atoms with Crippen LogP contribution in [0.1, 0.15) is 26.7 Å². The highest BCUT2D eigenvalue weighted by atomic mass is 16.5. The molecule has 0 aromatic rings. The van der Waals surface area contributed by atoms with Crippen molar-refractivity contribution in [1.82, 2.24) is 5.32 Å². The van der Waals surface area contributed by atoms with E-state index in [4.69, 9.17) is 4.74 Å². The minimum Gasteiger partial charge on any atom is -0.385 e. The number of ether oxygens (including phenoxy) is 1. The molecule has 0 unspecified atom stereocenters. The first kappa shape index (κ1) is 10.4. The van der Waals surface area contributed by atoms with Crippen molar-refractivity contribution < 1.29 is 9.53 Å². The second-order valence-electron chi connectivity index (χ2n) is 2.60. The topological polar surface area (TPSA) is 38.3 Å². The molecule has 0 spiro atoms. The number of hydrogen-bond acceptors (Lipinski definition) is 2. The van der Waals surface area contributed by atoms with Gasteiger partial charge in [-0.05, 0) is 13.3 Å². The van der Waals surface area contributed by atoms with Crippen LogP contribution in [0.2, 0.25) is 0 Å². The molecule has 66 valence electrons. The van der Waals surface area contributed by atoms with Gasteiger partial charge in [-0.2, -0.15) is 0 Å². The predicted octanol–water partition coefficient (Wildman–Crippen LogP) is 0.938. The molecule has 1 atom stereocenters. The monoisotopic (exact) mass is 159 g/mol. The largest absolute Gasteiger partial charge is 0.385 e. The van der Waals surface area contributed by atoms with Crippen molar-refractivity contribution in [3.8, 4) is 0 Å². The van der Waals surface area contributed by atoms with E-state index in [1.165, 1.54) is 0 Å². The van der Waals surface area contributed by atoms with E-state index in [1.807, 2.05) is 13.8 Å². The number of carbonyl (C=O) groups is 1. The molecule has 1 amide bonds. The van der Waals surface area contributed by atoms with Crippen molar-refractivity contribution in [1.29, 1.82) is 0 Å². The zero-order chi connectivity index (χ0) is 8.69. The van der Waals surface area contributed by atoms with E-state index in [9.17, 15) is 4.79 Å². The van der Waals surface area contributed by atoms with Crippen molar-refractivity contribution in [2.75, 3.05) is 13.7 Å². The number of amides is 1. The fraction of sp³-hybridized carbons (Fsp3) is 0.875. The Morgan fingerprint density at radius 3 is 2.73 bits per heavy atom. The Balaban J connectivity index is 3.35. The summed E-state index contributed by atoms with van der Waals surface area (Å²) in [5, 5.41) is 2.85. The summed E-state index contributed by atoms with van der Waals surface area (Å²) in [6.45, 7) is 4.52. The summed E-state index contributed by atoms with van der Waals surface area (Å²) < 4.78 is 4.88. The Morgan fingerprint density at radius 1 is 1.64 bits per heavy atom. The highest BCUT2D eigenvalue weighted by molar-refractivity contribution is 5.75. The summed E-state index contributed by atoms with van der Waals surface area (Å²) in [5.74, 6) is 0.105. The molecule has 0 aliphatic carbocycles. The molecule has 3 nitrogen and oxygen atoms in total. The molecule has 0 saturated heterocycles. The van der Waals surface area contributed by atoms with Gasteiger partial charge >= 0.3 is 0 Å². The minimum absolute atomic E-state index is 0.105. The standard InChI is InChI=1S/C8H17NO2/c1-4-8(10)9-7(2)5-6-11-3/h7H,4-6H2,1-3H3,(H,9,10)/t7-/m0/s1. The second kappa shape index (κ2) is 6.16. The minimum atomic E-state index is 0.105. The Kier molecular flexibility index (Phi) is 5.84. The van der Waals surface area contributed by atoms with E-state index in [2.05, 4.69) is 5.32 Å². The zero-order valence-electron chi connectivity index (χ0n) is 7.52. The van der Waals surface area contributed by atoms with E-state index in [0.29, 0.717) is 13.0 Å². The summed E-state index contributed by atoms with van der Waals surface area (Å²) in [6.07, 6.45) is 1.43. The third-order valence-corrected chi connectivity index (χ3v) is 1.48. The first-order valence-electron chi connectivity index (χ1n) is 3.99. The molecule has 0 fully saturated rings. The molecule has 0 saturated carbocycles. The van der Waals surface area contributed by atoms with Crippen molar-refractivity contribution in [3.63, 3.8) is 0 Å². The van der Waals surface area contributed by atoms with Crippen LogP contribution in [0.3, 0.4) is 0 Å². The van der Waals surface area contributed by atoms with Crippen LogP contribution in [0.15, 0.2) is 0 Å². The third-order valence-electron chi connectivity index (χ3n) is 1.48. The van der Waals surface area contributed by atoms with Gasteiger partial charge in [-0.15, -0.1) is 0 Å². The molecule has 1 N–H and O–H groups in total. The SMILES string of the molecule is CCC(=O)N[C@@H](C)CCOC. The van der Waals surface area contributed by atoms with E-state index in [1.54, 1.807) is 7.11 Å². The van der Waals surface area contributed by atoms with Crippen LogP contribution in [0.25, 0.3) is 0 Å². The van der Waals surface area contributed by atoms with Gasteiger partial charge in [-0.1, -0.05) is 6.92 Å². The lowest BCUT2D eigenvalue weighted by Gasteiger charge is -2.11. The molecule has 0 radical (unpaired) electrons. The van der Waals surface area contributed by atoms with Gasteiger partial charge in [-0.3, -0.25) is 4.79 Å². The van der Waals surface area contributed by atoms with Crippen LogP contribution in [0, 0.1) is 0 Å². The summed E-state index contributed by atoms with van der Waals surface area (Å²) in [5.41, 5.74) is 0. The average molecular weight is 159 g/mol. The number of methoxy groups -OCH3 is 1. The summed E-state index contributed by atoms with van der Waals surface area (Å²) in [6, 6.07) is 0.224. The lowest BCUT2D eigenvalue weighted by Crippen LogP contribution is -2.32. The number of nitrogens with one attached hydrogen (secondary N) is 1. The maximum Gasteiger partial charge on any atom is 0.219 e. The highest BCUT2D eigenvalue weighted by Gasteiger charge is 2.03. The molecule has 0 aliphatic heterocycles. The smallest absolute Gasteiger partial charge is 0.219 e. The molecule has 3 heteroatoms. The van der Waals surface area contributed by atoms with Crippen LogP contribution in [0.5, 0.6) is 0 Å². The number of rotatable bonds is 5. The molecule has 0 aromatic carbocycles. The van der Waals surface area contributed by atoms with Gasteiger partial charge in [0.05, 0.1) is 0 Å². The van der Waals surface area contributed by atoms with Crippen molar-refractivity contribution in [2.45, 2.75) is 32.7 Å². The molecule has 0 bridgehead atoms. The normalized spacial score (nSPS) is 12.6. The van der Waals surface area contributed by atoms with Crippen LogP contribution >= 0.6 is 0 Å². The quantitative estimate of drug-likeness (QED) is 0.648. The highest BCUT2D eigenvalue weighted by Crippen LogP contribution is 1.91. The van der Waals surface area contributed by atoms with E-state index < -0.39 is 0 Å². The summed E-state index contributed by atoms with van der Waals surface area (Å²) in [7, 11) is 1.66. The summed E-state index contributed by atoms with van der Waals surface area (Å²) in [4.78, 5) is 10.8. The summed E-state index contributed by atoms with van der Waals surface area (Å²) >= 11 is 0. The average Bonchev–Trinajstić information content (AvgIpc) is 2.00. The van der Waals surface area contributed by atoms with Gasteiger partial charge in [0.25, 0.3) is 0 Å². The Hall–Kier alpha value is -0.570. The van der Waals surface area contributed by atoms with Gasteiger partial charge < -0.3 is 10.1 Å². The molecule has 0 aliphatic rings. The Bertz CT molecular complexity index is 115. The van der Waals surface area contributed by atoms with E-state index in [-0.39, 0.29) is 11.9 Å². The van der Waals surface area contributed by atoms with Crippen LogP contribution in [-0.2, 0) is 9.53 Å². The number of carbonyl (C=O) groups excluding carboxylic acids is 1. The molecule has 11 heavy (non-hydrogen) atoms. The number of hydrogen-bond donors (Lipinski definition) is 1. The maximum absolute atomic E-state index is 10.8. The van der Waals surface area contributed by atoms with Gasteiger partial charge in [-0.25, -0.2) is 0 Å². The second-order valence-corrected chi connectivity index (χ2v) is 2.60. The Labute approximate surface area is 68.1 Å². The van der Waals surface area contributed by atoms with Crippen molar-refractivity contribution in [2.24, 2.45) is 0 Å². The first-order chi connectivity index (χ1) is 5.20. The molecule has 0 aromatic heterocycles.